The lowest BCUT2D eigenvalue weighted by Crippen LogP contribution is -2.48. The van der Waals surface area contributed by atoms with Crippen molar-refractivity contribution in [1.82, 2.24) is 15.1 Å². The molecule has 2 aliphatic rings. The number of hydrogen-bond donors (Lipinski definition) is 1. The molecule has 0 aliphatic carbocycles. The van der Waals surface area contributed by atoms with E-state index < -0.39 is 0 Å². The van der Waals surface area contributed by atoms with Gasteiger partial charge in [-0.25, -0.2) is 0 Å². The molecule has 2 heterocycles. The Morgan fingerprint density at radius 2 is 1.83 bits per heavy atom. The van der Waals surface area contributed by atoms with E-state index in [1.54, 1.807) is 0 Å². The molecule has 2 saturated heterocycles. The summed E-state index contributed by atoms with van der Waals surface area (Å²) in [5.74, 6) is 0. The number of nitrogens with zero attached hydrogens (tertiary/aromatic N) is 2. The van der Waals surface area contributed by atoms with Crippen LogP contribution in [-0.4, -0.2) is 74.9 Å². The lowest BCUT2D eigenvalue weighted by Gasteiger charge is -2.34. The topological polar surface area (TPSA) is 27.7 Å². The molecule has 0 aromatic rings. The van der Waals surface area contributed by atoms with Gasteiger partial charge in [-0.3, -0.25) is 4.90 Å². The molecule has 1 unspecified atom stereocenters. The maximum atomic E-state index is 5.60. The summed E-state index contributed by atoms with van der Waals surface area (Å²) in [5.41, 5.74) is 0. The third-order valence-corrected chi connectivity index (χ3v) is 4.01. The van der Waals surface area contributed by atoms with E-state index in [1.165, 1.54) is 58.5 Å². The normalized spacial score (nSPS) is 26.8. The zero-order valence-electron chi connectivity index (χ0n) is 11.9. The highest BCUT2D eigenvalue weighted by Gasteiger charge is 2.16. The largest absolute Gasteiger partial charge is 0.377 e. The van der Waals surface area contributed by atoms with Crippen LogP contribution in [0.3, 0.4) is 0 Å². The monoisotopic (exact) mass is 255 g/mol. The Labute approximate surface area is 112 Å². The Morgan fingerprint density at radius 1 is 1.11 bits per heavy atom. The summed E-state index contributed by atoms with van der Waals surface area (Å²) in [6, 6.07) is 0. The van der Waals surface area contributed by atoms with Gasteiger partial charge in [-0.2, -0.15) is 0 Å². The molecule has 0 amide bonds. The Bertz CT molecular complexity index is 211. The molecule has 2 fully saturated rings. The Morgan fingerprint density at radius 3 is 2.44 bits per heavy atom. The van der Waals surface area contributed by atoms with E-state index in [4.69, 9.17) is 4.74 Å². The molecule has 0 radical (unpaired) electrons. The molecule has 0 aromatic carbocycles. The number of hydrogen-bond acceptors (Lipinski definition) is 4. The predicted octanol–water partition coefficient (Wildman–Crippen LogP) is 0.783. The number of rotatable bonds is 7. The summed E-state index contributed by atoms with van der Waals surface area (Å²) in [5, 5.41) is 3.53. The zero-order chi connectivity index (χ0) is 12.6. The van der Waals surface area contributed by atoms with Crippen LogP contribution in [0.2, 0.25) is 0 Å². The van der Waals surface area contributed by atoms with Crippen molar-refractivity contribution in [2.24, 2.45) is 0 Å². The van der Waals surface area contributed by atoms with Crippen LogP contribution in [0.25, 0.3) is 0 Å². The summed E-state index contributed by atoms with van der Waals surface area (Å²) < 4.78 is 5.60. The fourth-order valence-electron chi connectivity index (χ4n) is 2.86. The molecular weight excluding hydrogens is 226 g/mol. The minimum absolute atomic E-state index is 0.478. The van der Waals surface area contributed by atoms with Crippen LogP contribution in [-0.2, 0) is 4.74 Å². The van der Waals surface area contributed by atoms with Crippen LogP contribution >= 0.6 is 0 Å². The van der Waals surface area contributed by atoms with Gasteiger partial charge in [0.15, 0.2) is 0 Å². The summed E-state index contributed by atoms with van der Waals surface area (Å²) in [6.45, 7) is 12.8. The van der Waals surface area contributed by atoms with Crippen LogP contribution < -0.4 is 5.32 Å². The third kappa shape index (κ3) is 4.84. The molecule has 1 N–H and O–H groups in total. The van der Waals surface area contributed by atoms with Gasteiger partial charge in [0, 0.05) is 52.4 Å². The third-order valence-electron chi connectivity index (χ3n) is 4.01. The minimum atomic E-state index is 0.478. The van der Waals surface area contributed by atoms with Crippen molar-refractivity contribution < 1.29 is 4.74 Å². The van der Waals surface area contributed by atoms with Crippen molar-refractivity contribution in [3.63, 3.8) is 0 Å². The first-order valence-electron chi connectivity index (χ1n) is 7.65. The fourth-order valence-corrected chi connectivity index (χ4v) is 2.86. The lowest BCUT2D eigenvalue weighted by molar-refractivity contribution is 0.106. The molecule has 0 aromatic heterocycles. The first-order valence-corrected chi connectivity index (χ1v) is 7.65. The van der Waals surface area contributed by atoms with Gasteiger partial charge in [0.2, 0.25) is 0 Å². The van der Waals surface area contributed by atoms with Gasteiger partial charge in [-0.1, -0.05) is 6.92 Å². The smallest absolute Gasteiger partial charge is 0.0700 e. The summed E-state index contributed by atoms with van der Waals surface area (Å²) in [4.78, 5) is 5.16. The van der Waals surface area contributed by atoms with Crippen molar-refractivity contribution in [2.75, 3.05) is 59.0 Å². The molecular formula is C14H29N3O. The van der Waals surface area contributed by atoms with Gasteiger partial charge in [0.1, 0.15) is 0 Å². The second kappa shape index (κ2) is 8.10. The SMILES string of the molecule is CCCN1CCN(CCNCC2CCCO2)CC1. The van der Waals surface area contributed by atoms with E-state index in [9.17, 15) is 0 Å². The average Bonchev–Trinajstić information content (AvgIpc) is 2.90. The summed E-state index contributed by atoms with van der Waals surface area (Å²) in [7, 11) is 0. The highest BCUT2D eigenvalue weighted by Crippen LogP contribution is 2.10. The second-order valence-corrected chi connectivity index (χ2v) is 5.52. The first kappa shape index (κ1) is 14.3. The average molecular weight is 255 g/mol. The Hall–Kier alpha value is -0.160. The number of nitrogens with one attached hydrogen (secondary N) is 1. The first-order chi connectivity index (χ1) is 8.88. The Balaban J connectivity index is 1.47. The van der Waals surface area contributed by atoms with E-state index in [0.717, 1.165) is 19.7 Å². The van der Waals surface area contributed by atoms with E-state index in [0.29, 0.717) is 6.10 Å². The van der Waals surface area contributed by atoms with Crippen LogP contribution in [0.1, 0.15) is 26.2 Å². The Kier molecular flexibility index (Phi) is 6.41. The number of piperazine rings is 1. The molecule has 2 rings (SSSR count). The lowest BCUT2D eigenvalue weighted by atomic mass is 10.2. The van der Waals surface area contributed by atoms with Crippen molar-refractivity contribution in [3.8, 4) is 0 Å². The van der Waals surface area contributed by atoms with Gasteiger partial charge >= 0.3 is 0 Å². The van der Waals surface area contributed by atoms with Gasteiger partial charge in [-0.05, 0) is 25.8 Å². The molecule has 4 heteroatoms. The molecule has 0 spiro atoms. The maximum Gasteiger partial charge on any atom is 0.0700 e. The van der Waals surface area contributed by atoms with Crippen molar-refractivity contribution in [2.45, 2.75) is 32.3 Å². The van der Waals surface area contributed by atoms with Gasteiger partial charge in [0.25, 0.3) is 0 Å². The van der Waals surface area contributed by atoms with E-state index in [-0.39, 0.29) is 0 Å². The molecule has 2 aliphatic heterocycles. The fraction of sp³-hybridized carbons (Fsp3) is 1.00. The summed E-state index contributed by atoms with van der Waals surface area (Å²) >= 11 is 0. The molecule has 0 saturated carbocycles. The second-order valence-electron chi connectivity index (χ2n) is 5.52. The van der Waals surface area contributed by atoms with Gasteiger partial charge < -0.3 is 15.0 Å². The molecule has 1 atom stereocenters. The zero-order valence-corrected chi connectivity index (χ0v) is 11.9. The van der Waals surface area contributed by atoms with Crippen molar-refractivity contribution in [3.05, 3.63) is 0 Å². The molecule has 4 nitrogen and oxygen atoms in total. The summed E-state index contributed by atoms with van der Waals surface area (Å²) in [6.07, 6.45) is 4.24. The minimum Gasteiger partial charge on any atom is -0.377 e. The predicted molar refractivity (Wildman–Crippen MR) is 75.0 cm³/mol. The van der Waals surface area contributed by atoms with Crippen LogP contribution in [0.4, 0.5) is 0 Å². The van der Waals surface area contributed by atoms with Crippen LogP contribution in [0, 0.1) is 0 Å². The number of ether oxygens (including phenoxy) is 1. The van der Waals surface area contributed by atoms with E-state index in [1.807, 2.05) is 0 Å². The highest BCUT2D eigenvalue weighted by atomic mass is 16.5. The van der Waals surface area contributed by atoms with Gasteiger partial charge in [-0.15, -0.1) is 0 Å². The quantitative estimate of drug-likeness (QED) is 0.681. The maximum absolute atomic E-state index is 5.60. The van der Waals surface area contributed by atoms with E-state index >= 15 is 0 Å². The van der Waals surface area contributed by atoms with Gasteiger partial charge in [0.05, 0.1) is 6.10 Å². The standard InChI is InChI=1S/C14H29N3O/c1-2-6-16-8-10-17(11-9-16)7-5-15-13-14-4-3-12-18-14/h14-15H,2-13H2,1H3. The van der Waals surface area contributed by atoms with Crippen molar-refractivity contribution in [1.29, 1.82) is 0 Å². The van der Waals surface area contributed by atoms with Crippen LogP contribution in [0.15, 0.2) is 0 Å². The highest BCUT2D eigenvalue weighted by molar-refractivity contribution is 4.73. The molecule has 0 bridgehead atoms. The molecule has 18 heavy (non-hydrogen) atoms. The molecule has 106 valence electrons. The van der Waals surface area contributed by atoms with Crippen molar-refractivity contribution >= 4 is 0 Å². The van der Waals surface area contributed by atoms with E-state index in [2.05, 4.69) is 22.0 Å². The van der Waals surface area contributed by atoms with Crippen LogP contribution in [0.5, 0.6) is 0 Å².